The SMILES string of the molecule is Cc1nc(S[C@@H](C)C(=O)NC(C)C)c2c(-c3cccs3)csc2n1. The van der Waals surface area contributed by atoms with Gasteiger partial charge in [0.05, 0.1) is 10.6 Å². The first-order chi connectivity index (χ1) is 11.5. The lowest BCUT2D eigenvalue weighted by Crippen LogP contribution is -2.35. The van der Waals surface area contributed by atoms with Gasteiger partial charge in [-0.05, 0) is 39.1 Å². The molecule has 126 valence electrons. The molecule has 3 aromatic rings. The molecule has 1 amide bonds. The lowest BCUT2D eigenvalue weighted by atomic mass is 10.2. The number of nitrogens with one attached hydrogen (secondary N) is 1. The number of thioether (sulfide) groups is 1. The van der Waals surface area contributed by atoms with Gasteiger partial charge in [-0.1, -0.05) is 17.8 Å². The summed E-state index contributed by atoms with van der Waals surface area (Å²) in [6, 6.07) is 4.29. The second kappa shape index (κ2) is 7.21. The zero-order chi connectivity index (χ0) is 17.3. The van der Waals surface area contributed by atoms with E-state index in [2.05, 4.69) is 32.1 Å². The maximum Gasteiger partial charge on any atom is 0.233 e. The van der Waals surface area contributed by atoms with Crippen molar-refractivity contribution < 1.29 is 4.79 Å². The Morgan fingerprint density at radius 1 is 1.25 bits per heavy atom. The molecule has 3 aromatic heterocycles. The summed E-state index contributed by atoms with van der Waals surface area (Å²) in [7, 11) is 0. The lowest BCUT2D eigenvalue weighted by Gasteiger charge is -2.14. The largest absolute Gasteiger partial charge is 0.353 e. The van der Waals surface area contributed by atoms with Gasteiger partial charge >= 0.3 is 0 Å². The minimum Gasteiger partial charge on any atom is -0.353 e. The summed E-state index contributed by atoms with van der Waals surface area (Å²) in [5, 5.41) is 8.90. The number of amides is 1. The molecule has 0 aromatic carbocycles. The second-order valence-electron chi connectivity index (χ2n) is 5.81. The van der Waals surface area contributed by atoms with Gasteiger partial charge in [-0.25, -0.2) is 9.97 Å². The molecule has 0 saturated heterocycles. The lowest BCUT2D eigenvalue weighted by molar-refractivity contribution is -0.120. The van der Waals surface area contributed by atoms with E-state index in [4.69, 9.17) is 0 Å². The molecule has 0 aliphatic rings. The Balaban J connectivity index is 2.00. The highest BCUT2D eigenvalue weighted by molar-refractivity contribution is 8.00. The third-order valence-electron chi connectivity index (χ3n) is 3.39. The van der Waals surface area contributed by atoms with Crippen molar-refractivity contribution in [3.8, 4) is 10.4 Å². The number of thiophene rings is 2. The summed E-state index contributed by atoms with van der Waals surface area (Å²) in [4.78, 5) is 23.6. The van der Waals surface area contributed by atoms with Crippen LogP contribution in [0.4, 0.5) is 0 Å². The molecule has 0 saturated carbocycles. The van der Waals surface area contributed by atoms with E-state index >= 15 is 0 Å². The van der Waals surface area contributed by atoms with E-state index in [-0.39, 0.29) is 17.2 Å². The van der Waals surface area contributed by atoms with E-state index in [0.717, 1.165) is 26.6 Å². The van der Waals surface area contributed by atoms with Gasteiger partial charge < -0.3 is 5.32 Å². The Kier molecular flexibility index (Phi) is 5.22. The van der Waals surface area contributed by atoms with Crippen LogP contribution in [0.1, 0.15) is 26.6 Å². The Morgan fingerprint density at radius 3 is 2.71 bits per heavy atom. The molecular weight excluding hydrogens is 358 g/mol. The van der Waals surface area contributed by atoms with Gasteiger partial charge in [0.1, 0.15) is 15.7 Å². The molecule has 0 aliphatic carbocycles. The van der Waals surface area contributed by atoms with Crippen molar-refractivity contribution >= 4 is 50.6 Å². The zero-order valence-corrected chi connectivity index (χ0v) is 16.4. The van der Waals surface area contributed by atoms with Gasteiger partial charge in [-0.15, -0.1) is 22.7 Å². The van der Waals surface area contributed by atoms with Crippen LogP contribution in [0.5, 0.6) is 0 Å². The fraction of sp³-hybridized carbons (Fsp3) is 0.353. The first-order valence-corrected chi connectivity index (χ1v) is 10.4. The first kappa shape index (κ1) is 17.4. The Hall–Kier alpha value is -1.44. The van der Waals surface area contributed by atoms with Gasteiger partial charge in [0.2, 0.25) is 5.91 Å². The molecule has 0 unspecified atom stereocenters. The minimum atomic E-state index is -0.207. The number of nitrogens with zero attached hydrogens (tertiary/aromatic N) is 2. The quantitative estimate of drug-likeness (QED) is 0.516. The van der Waals surface area contributed by atoms with Crippen LogP contribution in [0.15, 0.2) is 27.9 Å². The number of carbonyl (C=O) groups excluding carboxylic acids is 1. The molecular formula is C17H19N3OS3. The normalized spacial score (nSPS) is 12.7. The van der Waals surface area contributed by atoms with Gasteiger partial charge in [-0.2, -0.15) is 0 Å². The topological polar surface area (TPSA) is 54.9 Å². The van der Waals surface area contributed by atoms with Crippen LogP contribution in [0.25, 0.3) is 20.7 Å². The molecule has 1 atom stereocenters. The maximum atomic E-state index is 12.3. The molecule has 0 aliphatic heterocycles. The Labute approximate surface area is 153 Å². The maximum absolute atomic E-state index is 12.3. The molecule has 1 N–H and O–H groups in total. The smallest absolute Gasteiger partial charge is 0.233 e. The zero-order valence-electron chi connectivity index (χ0n) is 14.0. The van der Waals surface area contributed by atoms with E-state index in [1.54, 1.807) is 22.7 Å². The average Bonchev–Trinajstić information content (AvgIpc) is 3.14. The van der Waals surface area contributed by atoms with E-state index in [1.165, 1.54) is 16.6 Å². The van der Waals surface area contributed by atoms with Gasteiger partial charge in [-0.3, -0.25) is 4.79 Å². The fourth-order valence-electron chi connectivity index (χ4n) is 2.33. The predicted molar refractivity (Wildman–Crippen MR) is 104 cm³/mol. The molecule has 24 heavy (non-hydrogen) atoms. The van der Waals surface area contributed by atoms with Crippen molar-refractivity contribution in [3.05, 3.63) is 28.7 Å². The number of hydrogen-bond donors (Lipinski definition) is 1. The molecule has 0 spiro atoms. The monoisotopic (exact) mass is 377 g/mol. The number of aromatic nitrogens is 2. The van der Waals surface area contributed by atoms with Crippen molar-refractivity contribution in [1.82, 2.24) is 15.3 Å². The summed E-state index contributed by atoms with van der Waals surface area (Å²) in [5.41, 5.74) is 1.16. The van der Waals surface area contributed by atoms with Crippen LogP contribution in [0, 0.1) is 6.92 Å². The van der Waals surface area contributed by atoms with Gasteiger partial charge in [0, 0.05) is 21.9 Å². The molecule has 3 heterocycles. The number of carbonyl (C=O) groups is 1. The highest BCUT2D eigenvalue weighted by Crippen LogP contribution is 2.40. The van der Waals surface area contributed by atoms with Crippen LogP contribution >= 0.6 is 34.4 Å². The van der Waals surface area contributed by atoms with Crippen molar-refractivity contribution in [2.24, 2.45) is 0 Å². The molecule has 0 radical (unpaired) electrons. The fourth-order valence-corrected chi connectivity index (χ4v) is 5.22. The summed E-state index contributed by atoms with van der Waals surface area (Å²) in [6.07, 6.45) is 0. The van der Waals surface area contributed by atoms with Crippen molar-refractivity contribution in [2.75, 3.05) is 0 Å². The van der Waals surface area contributed by atoms with Crippen LogP contribution in [0.3, 0.4) is 0 Å². The number of fused-ring (bicyclic) bond motifs is 1. The highest BCUT2D eigenvalue weighted by Gasteiger charge is 2.21. The number of rotatable bonds is 5. The van der Waals surface area contributed by atoms with Crippen LogP contribution in [-0.2, 0) is 4.79 Å². The highest BCUT2D eigenvalue weighted by atomic mass is 32.2. The number of hydrogen-bond acceptors (Lipinski definition) is 6. The molecule has 7 heteroatoms. The van der Waals surface area contributed by atoms with Crippen LogP contribution in [-0.4, -0.2) is 27.2 Å². The van der Waals surface area contributed by atoms with Crippen LogP contribution in [0.2, 0.25) is 0 Å². The summed E-state index contributed by atoms with van der Waals surface area (Å²) in [6.45, 7) is 7.75. The molecule has 0 bridgehead atoms. The van der Waals surface area contributed by atoms with Crippen molar-refractivity contribution in [2.45, 2.75) is 44.0 Å². The summed E-state index contributed by atoms with van der Waals surface area (Å²) < 4.78 is 0. The van der Waals surface area contributed by atoms with E-state index in [0.29, 0.717) is 0 Å². The Bertz CT molecular complexity index is 855. The molecule has 4 nitrogen and oxygen atoms in total. The van der Waals surface area contributed by atoms with Gasteiger partial charge in [0.25, 0.3) is 0 Å². The van der Waals surface area contributed by atoms with Crippen molar-refractivity contribution in [3.63, 3.8) is 0 Å². The van der Waals surface area contributed by atoms with E-state index < -0.39 is 0 Å². The van der Waals surface area contributed by atoms with Crippen molar-refractivity contribution in [1.29, 1.82) is 0 Å². The van der Waals surface area contributed by atoms with Gasteiger partial charge in [0.15, 0.2) is 0 Å². The second-order valence-corrected chi connectivity index (χ2v) is 8.94. The number of aryl methyl sites for hydroxylation is 1. The van der Waals surface area contributed by atoms with E-state index in [9.17, 15) is 4.79 Å². The standard InChI is InChI=1S/C17H19N3OS3/c1-9(2)18-15(21)10(3)24-17-14-12(13-6-5-7-22-13)8-23-16(14)19-11(4)20-17/h5-10H,1-4H3,(H,18,21)/t10-/m0/s1. The van der Waals surface area contributed by atoms with E-state index in [1.807, 2.05) is 33.8 Å². The average molecular weight is 378 g/mol. The third kappa shape index (κ3) is 3.63. The summed E-state index contributed by atoms with van der Waals surface area (Å²) >= 11 is 4.83. The predicted octanol–water partition coefficient (Wildman–Crippen LogP) is 4.73. The first-order valence-electron chi connectivity index (χ1n) is 7.72. The van der Waals surface area contributed by atoms with Crippen LogP contribution < -0.4 is 5.32 Å². The molecule has 3 rings (SSSR count). The molecule has 0 fully saturated rings. The summed E-state index contributed by atoms with van der Waals surface area (Å²) in [5.74, 6) is 0.772. The Morgan fingerprint density at radius 2 is 2.04 bits per heavy atom. The third-order valence-corrected chi connectivity index (χ3v) is 6.25. The minimum absolute atomic E-state index is 0.0346.